The number of fused-ring (bicyclic) bond motifs is 1. The van der Waals surface area contributed by atoms with Gasteiger partial charge in [-0.05, 0) is 24.6 Å². The third-order valence-electron chi connectivity index (χ3n) is 3.73. The highest BCUT2D eigenvalue weighted by Crippen LogP contribution is 2.29. The lowest BCUT2D eigenvalue weighted by Crippen LogP contribution is -2.13. The average molecular weight is 233 g/mol. The molecule has 3 nitrogen and oxygen atoms in total. The molecule has 1 saturated heterocycles. The fourth-order valence-corrected chi connectivity index (χ4v) is 2.68. The van der Waals surface area contributed by atoms with Crippen LogP contribution in [0.15, 0.2) is 18.2 Å². The van der Waals surface area contributed by atoms with Crippen LogP contribution in [0.2, 0.25) is 0 Å². The van der Waals surface area contributed by atoms with Crippen molar-refractivity contribution in [1.29, 1.82) is 0 Å². The quantitative estimate of drug-likeness (QED) is 0.816. The molecular weight excluding hydrogens is 217 g/mol. The molecule has 2 atom stereocenters. The number of nitrogens with zero attached hydrogens (tertiary/aromatic N) is 2. The first-order valence-electron chi connectivity index (χ1n) is 5.99. The van der Waals surface area contributed by atoms with Crippen LogP contribution in [0.25, 0.3) is 11.0 Å². The standard InChI is InChI=1S/C13H16FN3/c1-8-6-15-7-10(8)13-16-11-5-9(14)3-4-12(11)17(13)2/h3-5,8,10,15H,6-7H2,1-2H3/t8-,10-/m1/s1. The Morgan fingerprint density at radius 2 is 2.24 bits per heavy atom. The number of hydrogen-bond donors (Lipinski definition) is 1. The van der Waals surface area contributed by atoms with Crippen LogP contribution >= 0.6 is 0 Å². The van der Waals surface area contributed by atoms with Gasteiger partial charge in [-0.1, -0.05) is 6.92 Å². The zero-order valence-corrected chi connectivity index (χ0v) is 10.1. The van der Waals surface area contributed by atoms with Crippen molar-refractivity contribution in [2.24, 2.45) is 13.0 Å². The average Bonchev–Trinajstić information content (AvgIpc) is 2.83. The Labute approximate surface area is 99.7 Å². The molecule has 0 radical (unpaired) electrons. The Bertz CT molecular complexity index is 561. The second-order valence-corrected chi connectivity index (χ2v) is 4.90. The Kier molecular flexibility index (Phi) is 2.40. The Balaban J connectivity index is 2.14. The van der Waals surface area contributed by atoms with E-state index in [2.05, 4.69) is 21.8 Å². The van der Waals surface area contributed by atoms with Crippen molar-refractivity contribution < 1.29 is 4.39 Å². The zero-order valence-electron chi connectivity index (χ0n) is 10.1. The number of imidazole rings is 1. The largest absolute Gasteiger partial charge is 0.331 e. The van der Waals surface area contributed by atoms with Gasteiger partial charge in [0.15, 0.2) is 0 Å². The van der Waals surface area contributed by atoms with Gasteiger partial charge in [-0.25, -0.2) is 9.37 Å². The molecule has 1 fully saturated rings. The van der Waals surface area contributed by atoms with Gasteiger partial charge in [0.05, 0.1) is 11.0 Å². The van der Waals surface area contributed by atoms with Gasteiger partial charge >= 0.3 is 0 Å². The Hall–Kier alpha value is -1.42. The van der Waals surface area contributed by atoms with Crippen molar-refractivity contribution in [1.82, 2.24) is 14.9 Å². The smallest absolute Gasteiger partial charge is 0.125 e. The van der Waals surface area contributed by atoms with Gasteiger partial charge in [0.1, 0.15) is 11.6 Å². The van der Waals surface area contributed by atoms with Gasteiger partial charge in [-0.15, -0.1) is 0 Å². The number of aromatic nitrogens is 2. The van der Waals surface area contributed by atoms with Crippen molar-refractivity contribution in [3.63, 3.8) is 0 Å². The number of halogens is 1. The molecule has 90 valence electrons. The minimum absolute atomic E-state index is 0.222. The lowest BCUT2D eigenvalue weighted by molar-refractivity contribution is 0.533. The molecule has 3 rings (SSSR count). The van der Waals surface area contributed by atoms with Crippen molar-refractivity contribution >= 4 is 11.0 Å². The molecule has 0 amide bonds. The lowest BCUT2D eigenvalue weighted by Gasteiger charge is -2.13. The summed E-state index contributed by atoms with van der Waals surface area (Å²) in [6, 6.07) is 4.80. The minimum atomic E-state index is -0.222. The molecule has 2 heterocycles. The van der Waals surface area contributed by atoms with Crippen LogP contribution in [0.1, 0.15) is 18.7 Å². The number of rotatable bonds is 1. The first kappa shape index (κ1) is 10.7. The Morgan fingerprint density at radius 1 is 1.41 bits per heavy atom. The van der Waals surface area contributed by atoms with Crippen LogP contribution in [0.4, 0.5) is 4.39 Å². The molecule has 17 heavy (non-hydrogen) atoms. The number of hydrogen-bond acceptors (Lipinski definition) is 2. The fourth-order valence-electron chi connectivity index (χ4n) is 2.68. The van der Waals surface area contributed by atoms with Crippen LogP contribution in [-0.2, 0) is 7.05 Å². The van der Waals surface area contributed by atoms with Gasteiger partial charge in [0, 0.05) is 25.6 Å². The number of nitrogens with one attached hydrogen (secondary N) is 1. The van der Waals surface area contributed by atoms with E-state index < -0.39 is 0 Å². The highest BCUT2D eigenvalue weighted by molar-refractivity contribution is 5.76. The molecular formula is C13H16FN3. The highest BCUT2D eigenvalue weighted by Gasteiger charge is 2.28. The number of benzene rings is 1. The molecule has 4 heteroatoms. The van der Waals surface area contributed by atoms with E-state index in [1.165, 1.54) is 12.1 Å². The SMILES string of the molecule is C[C@@H]1CNC[C@H]1c1nc2cc(F)ccc2n1C. The normalized spacial score (nSPS) is 24.6. The Morgan fingerprint density at radius 3 is 2.94 bits per heavy atom. The first-order valence-corrected chi connectivity index (χ1v) is 5.99. The number of aryl methyl sites for hydroxylation is 1. The van der Waals surface area contributed by atoms with Gasteiger partial charge in [-0.2, -0.15) is 0 Å². The van der Waals surface area contributed by atoms with Crippen molar-refractivity contribution in [3.05, 3.63) is 29.8 Å². The van der Waals surface area contributed by atoms with Crippen LogP contribution in [0.3, 0.4) is 0 Å². The lowest BCUT2D eigenvalue weighted by atomic mass is 9.97. The molecule has 0 spiro atoms. The van der Waals surface area contributed by atoms with E-state index in [4.69, 9.17) is 0 Å². The van der Waals surface area contributed by atoms with Gasteiger partial charge in [0.25, 0.3) is 0 Å². The van der Waals surface area contributed by atoms with Crippen LogP contribution in [-0.4, -0.2) is 22.6 Å². The maximum Gasteiger partial charge on any atom is 0.125 e. The van der Waals surface area contributed by atoms with Crippen LogP contribution < -0.4 is 5.32 Å². The molecule has 1 aliphatic heterocycles. The molecule has 1 N–H and O–H groups in total. The molecule has 0 aliphatic carbocycles. The van der Waals surface area contributed by atoms with Crippen LogP contribution in [0, 0.1) is 11.7 Å². The summed E-state index contributed by atoms with van der Waals surface area (Å²) in [5, 5.41) is 3.38. The molecule has 2 aromatic rings. The summed E-state index contributed by atoms with van der Waals surface area (Å²) in [5.74, 6) is 1.84. The molecule has 0 bridgehead atoms. The predicted octanol–water partition coefficient (Wildman–Crippen LogP) is 2.04. The van der Waals surface area contributed by atoms with E-state index in [1.807, 2.05) is 7.05 Å². The van der Waals surface area contributed by atoms with Crippen molar-refractivity contribution in [2.75, 3.05) is 13.1 Å². The third kappa shape index (κ3) is 1.63. The zero-order chi connectivity index (χ0) is 12.0. The van der Waals surface area contributed by atoms with E-state index in [0.29, 0.717) is 11.8 Å². The van der Waals surface area contributed by atoms with Gasteiger partial charge < -0.3 is 9.88 Å². The van der Waals surface area contributed by atoms with Crippen molar-refractivity contribution in [3.8, 4) is 0 Å². The predicted molar refractivity (Wildman–Crippen MR) is 65.4 cm³/mol. The molecule has 0 saturated carbocycles. The topological polar surface area (TPSA) is 29.9 Å². The van der Waals surface area contributed by atoms with E-state index in [-0.39, 0.29) is 5.82 Å². The second kappa shape index (κ2) is 3.81. The van der Waals surface area contributed by atoms with E-state index in [9.17, 15) is 4.39 Å². The summed E-state index contributed by atoms with van der Waals surface area (Å²) in [5.41, 5.74) is 1.75. The highest BCUT2D eigenvalue weighted by atomic mass is 19.1. The maximum absolute atomic E-state index is 13.2. The summed E-state index contributed by atoms with van der Waals surface area (Å²) in [6.07, 6.45) is 0. The molecule has 1 aromatic carbocycles. The van der Waals surface area contributed by atoms with E-state index in [0.717, 1.165) is 29.9 Å². The maximum atomic E-state index is 13.2. The van der Waals surface area contributed by atoms with E-state index >= 15 is 0 Å². The summed E-state index contributed by atoms with van der Waals surface area (Å²) in [6.45, 7) is 4.22. The summed E-state index contributed by atoms with van der Waals surface area (Å²) < 4.78 is 15.3. The summed E-state index contributed by atoms with van der Waals surface area (Å²) in [7, 11) is 2.01. The molecule has 1 aromatic heterocycles. The second-order valence-electron chi connectivity index (χ2n) is 4.90. The van der Waals surface area contributed by atoms with E-state index in [1.54, 1.807) is 6.07 Å². The van der Waals surface area contributed by atoms with Gasteiger partial charge in [-0.3, -0.25) is 0 Å². The van der Waals surface area contributed by atoms with Gasteiger partial charge in [0.2, 0.25) is 0 Å². The van der Waals surface area contributed by atoms with Crippen molar-refractivity contribution in [2.45, 2.75) is 12.8 Å². The summed E-state index contributed by atoms with van der Waals surface area (Å²) in [4.78, 5) is 4.59. The summed E-state index contributed by atoms with van der Waals surface area (Å²) >= 11 is 0. The molecule has 1 aliphatic rings. The minimum Gasteiger partial charge on any atom is -0.331 e. The molecule has 0 unspecified atom stereocenters. The van der Waals surface area contributed by atoms with Crippen LogP contribution in [0.5, 0.6) is 0 Å². The monoisotopic (exact) mass is 233 g/mol. The fraction of sp³-hybridized carbons (Fsp3) is 0.462. The first-order chi connectivity index (χ1) is 8.16. The third-order valence-corrected chi connectivity index (χ3v) is 3.73.